The number of hydrogen-bond acceptors (Lipinski definition) is 4. The first-order valence-corrected chi connectivity index (χ1v) is 9.10. The van der Waals surface area contributed by atoms with Crippen molar-refractivity contribution in [3.8, 4) is 0 Å². The van der Waals surface area contributed by atoms with Crippen LogP contribution in [0, 0.1) is 5.41 Å². The second-order valence-electron chi connectivity index (χ2n) is 6.96. The highest BCUT2D eigenvalue weighted by molar-refractivity contribution is 14.0. The maximum atomic E-state index is 12.0. The fourth-order valence-electron chi connectivity index (χ4n) is 3.49. The van der Waals surface area contributed by atoms with Crippen LogP contribution in [0.2, 0.25) is 0 Å². The molecule has 1 atom stereocenters. The number of nitrogens with one attached hydrogen (secondary N) is 3. The smallest absolute Gasteiger partial charge is 0.239 e. The molecule has 0 aromatic rings. The van der Waals surface area contributed by atoms with Gasteiger partial charge >= 0.3 is 0 Å². The summed E-state index contributed by atoms with van der Waals surface area (Å²) in [6.07, 6.45) is 7.50. The number of guanidine groups is 1. The maximum absolute atomic E-state index is 12.0. The average Bonchev–Trinajstić information content (AvgIpc) is 3.05. The average molecular weight is 468 g/mol. The van der Waals surface area contributed by atoms with Crippen molar-refractivity contribution in [2.45, 2.75) is 51.0 Å². The minimum absolute atomic E-state index is 0. The molecule has 146 valence electrons. The third-order valence-electron chi connectivity index (χ3n) is 5.07. The molecule has 7 nitrogen and oxygen atoms in total. The predicted molar refractivity (Wildman–Crippen MR) is 109 cm³/mol. The molecule has 1 unspecified atom stereocenters. The molecular weight excluding hydrogens is 435 g/mol. The van der Waals surface area contributed by atoms with Gasteiger partial charge in [-0.15, -0.1) is 24.0 Å². The second-order valence-corrected chi connectivity index (χ2v) is 6.96. The van der Waals surface area contributed by atoms with Crippen molar-refractivity contribution in [3.05, 3.63) is 0 Å². The van der Waals surface area contributed by atoms with Gasteiger partial charge in [0.05, 0.1) is 13.2 Å². The third-order valence-corrected chi connectivity index (χ3v) is 5.07. The number of carbonyl (C=O) groups excluding carboxylic acids is 1. The maximum Gasteiger partial charge on any atom is 0.239 e. The van der Waals surface area contributed by atoms with E-state index in [2.05, 4.69) is 20.9 Å². The van der Waals surface area contributed by atoms with E-state index in [1.165, 1.54) is 19.3 Å². The van der Waals surface area contributed by atoms with E-state index < -0.39 is 0 Å². The molecule has 25 heavy (non-hydrogen) atoms. The Morgan fingerprint density at radius 1 is 1.28 bits per heavy atom. The Labute approximate surface area is 167 Å². The minimum Gasteiger partial charge on any atom is -0.396 e. The Balaban J connectivity index is 0.00000312. The Morgan fingerprint density at radius 2 is 2.04 bits per heavy atom. The predicted octanol–water partition coefficient (Wildman–Crippen LogP) is 1.01. The lowest BCUT2D eigenvalue weighted by atomic mass is 9.84. The molecule has 1 aliphatic heterocycles. The highest BCUT2D eigenvalue weighted by Gasteiger charge is 2.34. The first kappa shape index (κ1) is 22.4. The summed E-state index contributed by atoms with van der Waals surface area (Å²) in [4.78, 5) is 16.2. The second kappa shape index (κ2) is 11.9. The van der Waals surface area contributed by atoms with E-state index >= 15 is 0 Å². The van der Waals surface area contributed by atoms with Gasteiger partial charge in [0.25, 0.3) is 0 Å². The number of hydrogen-bond donors (Lipinski definition) is 4. The molecule has 0 bridgehead atoms. The molecule has 1 aliphatic carbocycles. The fraction of sp³-hybridized carbons (Fsp3) is 0.882. The number of amides is 1. The summed E-state index contributed by atoms with van der Waals surface area (Å²) in [7, 11) is 1.69. The first-order valence-electron chi connectivity index (χ1n) is 9.10. The molecule has 2 aliphatic rings. The summed E-state index contributed by atoms with van der Waals surface area (Å²) in [5.41, 5.74) is -0.0449. The molecule has 2 fully saturated rings. The quantitative estimate of drug-likeness (QED) is 0.254. The van der Waals surface area contributed by atoms with Crippen molar-refractivity contribution in [1.82, 2.24) is 16.0 Å². The van der Waals surface area contributed by atoms with E-state index in [-0.39, 0.29) is 48.5 Å². The van der Waals surface area contributed by atoms with Crippen molar-refractivity contribution < 1.29 is 14.6 Å². The summed E-state index contributed by atoms with van der Waals surface area (Å²) in [6, 6.07) is 0.325. The van der Waals surface area contributed by atoms with Crippen molar-refractivity contribution in [2.75, 3.05) is 40.0 Å². The standard InChI is InChI=1S/C17H32N4O3.HI/c1-18-16(20-12-17(7-9-22)8-10-24-13-17)19-11-15(23)21-14-5-3-2-4-6-14;/h14,22H,2-13H2,1H3,(H,21,23)(H2,18,19,20);1H. The topological polar surface area (TPSA) is 95.0 Å². The molecule has 0 spiro atoms. The van der Waals surface area contributed by atoms with Crippen molar-refractivity contribution >= 4 is 35.8 Å². The Morgan fingerprint density at radius 3 is 2.64 bits per heavy atom. The Kier molecular flexibility index (Phi) is 10.7. The Hall–Kier alpha value is -0.610. The van der Waals surface area contributed by atoms with Gasteiger partial charge in [0.15, 0.2) is 5.96 Å². The van der Waals surface area contributed by atoms with Crippen LogP contribution in [-0.4, -0.2) is 63.0 Å². The number of ether oxygens (including phenoxy) is 1. The first-order chi connectivity index (χ1) is 11.7. The van der Waals surface area contributed by atoms with E-state index in [9.17, 15) is 9.90 Å². The number of aliphatic imine (C=N–C) groups is 1. The van der Waals surface area contributed by atoms with Gasteiger partial charge in [0, 0.05) is 38.3 Å². The largest absolute Gasteiger partial charge is 0.396 e. The van der Waals surface area contributed by atoms with Gasteiger partial charge < -0.3 is 25.8 Å². The molecule has 1 amide bonds. The number of aliphatic hydroxyl groups excluding tert-OH is 1. The van der Waals surface area contributed by atoms with Crippen LogP contribution in [-0.2, 0) is 9.53 Å². The zero-order valence-corrected chi connectivity index (χ0v) is 17.5. The SMILES string of the molecule is CN=C(NCC(=O)NC1CCCCC1)NCC1(CCO)CCOC1.I. The van der Waals surface area contributed by atoms with Crippen LogP contribution in [0.25, 0.3) is 0 Å². The minimum atomic E-state index is -0.0449. The van der Waals surface area contributed by atoms with Crippen LogP contribution in [0.1, 0.15) is 44.9 Å². The molecule has 2 rings (SSSR count). The van der Waals surface area contributed by atoms with E-state index in [1.54, 1.807) is 7.05 Å². The summed E-state index contributed by atoms with van der Waals surface area (Å²) in [6.45, 7) is 2.44. The molecule has 0 radical (unpaired) electrons. The van der Waals surface area contributed by atoms with Gasteiger partial charge in [-0.05, 0) is 25.7 Å². The third kappa shape index (κ3) is 7.65. The van der Waals surface area contributed by atoms with Crippen LogP contribution in [0.5, 0.6) is 0 Å². The lowest BCUT2D eigenvalue weighted by molar-refractivity contribution is -0.120. The van der Waals surface area contributed by atoms with Gasteiger partial charge in [0.2, 0.25) is 5.91 Å². The van der Waals surface area contributed by atoms with Crippen LogP contribution in [0.15, 0.2) is 4.99 Å². The number of rotatable bonds is 7. The van der Waals surface area contributed by atoms with Crippen molar-refractivity contribution in [3.63, 3.8) is 0 Å². The molecule has 8 heteroatoms. The zero-order valence-electron chi connectivity index (χ0n) is 15.2. The van der Waals surface area contributed by atoms with Gasteiger partial charge in [-0.25, -0.2) is 0 Å². The van der Waals surface area contributed by atoms with Crippen molar-refractivity contribution in [1.29, 1.82) is 0 Å². The van der Waals surface area contributed by atoms with Gasteiger partial charge in [0.1, 0.15) is 0 Å². The summed E-state index contributed by atoms with van der Waals surface area (Å²) < 4.78 is 5.49. The molecular formula is C17H33IN4O3. The molecule has 1 saturated heterocycles. The highest BCUT2D eigenvalue weighted by Crippen LogP contribution is 2.31. The Bertz CT molecular complexity index is 422. The molecule has 1 saturated carbocycles. The lowest BCUT2D eigenvalue weighted by Gasteiger charge is -2.28. The molecule has 1 heterocycles. The number of nitrogens with zero attached hydrogens (tertiary/aromatic N) is 1. The van der Waals surface area contributed by atoms with Gasteiger partial charge in [-0.3, -0.25) is 9.79 Å². The van der Waals surface area contributed by atoms with E-state index in [0.29, 0.717) is 31.6 Å². The molecule has 4 N–H and O–H groups in total. The van der Waals surface area contributed by atoms with Crippen LogP contribution >= 0.6 is 24.0 Å². The lowest BCUT2D eigenvalue weighted by Crippen LogP contribution is -2.48. The number of carbonyl (C=O) groups is 1. The molecule has 0 aromatic heterocycles. The van der Waals surface area contributed by atoms with Crippen LogP contribution < -0.4 is 16.0 Å². The number of halogens is 1. The summed E-state index contributed by atoms with van der Waals surface area (Å²) >= 11 is 0. The highest BCUT2D eigenvalue weighted by atomic mass is 127. The van der Waals surface area contributed by atoms with Crippen molar-refractivity contribution in [2.24, 2.45) is 10.4 Å². The fourth-order valence-corrected chi connectivity index (χ4v) is 3.49. The number of aliphatic hydroxyl groups is 1. The summed E-state index contributed by atoms with van der Waals surface area (Å²) in [5.74, 6) is 0.622. The van der Waals surface area contributed by atoms with Gasteiger partial charge in [-0.1, -0.05) is 19.3 Å². The normalized spacial score (nSPS) is 24.5. The summed E-state index contributed by atoms with van der Waals surface area (Å²) in [5, 5.41) is 18.7. The van der Waals surface area contributed by atoms with E-state index in [0.717, 1.165) is 25.9 Å². The zero-order chi connectivity index (χ0) is 17.3. The van der Waals surface area contributed by atoms with Crippen LogP contribution in [0.3, 0.4) is 0 Å². The monoisotopic (exact) mass is 468 g/mol. The van der Waals surface area contributed by atoms with E-state index in [4.69, 9.17) is 4.74 Å². The van der Waals surface area contributed by atoms with Crippen LogP contribution in [0.4, 0.5) is 0 Å². The van der Waals surface area contributed by atoms with Gasteiger partial charge in [-0.2, -0.15) is 0 Å². The molecule has 0 aromatic carbocycles. The van der Waals surface area contributed by atoms with E-state index in [1.807, 2.05) is 0 Å².